The van der Waals surface area contributed by atoms with E-state index in [1.54, 1.807) is 48.5 Å². The Balaban J connectivity index is 1.87. The van der Waals surface area contributed by atoms with Crippen LogP contribution in [0.4, 0.5) is 11.4 Å². The molecule has 3 aromatic rings. The smallest absolute Gasteiger partial charge is 0.258 e. The Morgan fingerprint density at radius 2 is 1.79 bits per heavy atom. The molecule has 0 radical (unpaired) electrons. The van der Waals surface area contributed by atoms with E-state index in [-0.39, 0.29) is 50.8 Å². The molecule has 0 atom stereocenters. The number of hydrogen-bond donors (Lipinski definition) is 7. The quantitative estimate of drug-likeness (QED) is 0.0652. The zero-order valence-corrected chi connectivity index (χ0v) is 23.8. The molecule has 3 rings (SSSR count). The maximum absolute atomic E-state index is 13.3. The van der Waals surface area contributed by atoms with Gasteiger partial charge in [-0.15, -0.1) is 0 Å². The minimum absolute atomic E-state index is 0.0422. The summed E-state index contributed by atoms with van der Waals surface area (Å²) in [5.41, 5.74) is 9.61. The van der Waals surface area contributed by atoms with Crippen LogP contribution >= 0.6 is 0 Å². The lowest BCUT2D eigenvalue weighted by Crippen LogP contribution is -2.31. The molecule has 0 saturated heterocycles. The molecular formula is C30H37N5O7. The molecule has 0 aliphatic heterocycles. The highest BCUT2D eigenvalue weighted by Gasteiger charge is 2.18. The fourth-order valence-electron chi connectivity index (χ4n) is 4.01. The summed E-state index contributed by atoms with van der Waals surface area (Å²) in [6, 6.07) is 15.3. The van der Waals surface area contributed by atoms with Gasteiger partial charge in [0.25, 0.3) is 11.8 Å². The maximum Gasteiger partial charge on any atom is 0.258 e. The predicted octanol–water partition coefficient (Wildman–Crippen LogP) is 2.72. The van der Waals surface area contributed by atoms with Gasteiger partial charge in [0.05, 0.1) is 24.9 Å². The molecule has 3 aromatic carbocycles. The van der Waals surface area contributed by atoms with Crippen LogP contribution in [0.3, 0.4) is 0 Å². The Morgan fingerprint density at radius 1 is 1.05 bits per heavy atom. The van der Waals surface area contributed by atoms with Crippen molar-refractivity contribution in [2.45, 2.75) is 40.0 Å². The lowest BCUT2D eigenvalue weighted by atomic mass is 10.1. The van der Waals surface area contributed by atoms with Crippen molar-refractivity contribution >= 4 is 29.0 Å². The molecule has 0 unspecified atom stereocenters. The number of rotatable bonds is 14. The predicted molar refractivity (Wildman–Crippen MR) is 159 cm³/mol. The third-order valence-corrected chi connectivity index (χ3v) is 5.95. The Kier molecular flexibility index (Phi) is 11.5. The van der Waals surface area contributed by atoms with Crippen molar-refractivity contribution in [1.82, 2.24) is 5.32 Å². The average Bonchev–Trinajstić information content (AvgIpc) is 2.98. The summed E-state index contributed by atoms with van der Waals surface area (Å²) < 4.78 is 11.8. The number of nitrogens with one attached hydrogen (secondary N) is 3. The van der Waals surface area contributed by atoms with Crippen molar-refractivity contribution in [3.63, 3.8) is 0 Å². The lowest BCUT2D eigenvalue weighted by Gasteiger charge is -2.20. The van der Waals surface area contributed by atoms with E-state index in [2.05, 4.69) is 21.1 Å². The number of anilines is 2. The number of amides is 2. The molecule has 42 heavy (non-hydrogen) atoms. The molecule has 0 spiro atoms. The number of carbonyl (C=O) groups excluding carboxylic acids is 2. The lowest BCUT2D eigenvalue weighted by molar-refractivity contribution is -0.123. The van der Waals surface area contributed by atoms with Gasteiger partial charge in [-0.1, -0.05) is 16.8 Å². The number of ether oxygens (including phenoxy) is 2. The molecule has 0 aromatic heterocycles. The number of oxime groups is 1. The maximum atomic E-state index is 13.3. The number of carbonyl (C=O) groups is 2. The van der Waals surface area contributed by atoms with Crippen LogP contribution in [-0.2, 0) is 17.9 Å². The topological polar surface area (TPSA) is 188 Å². The SMILES string of the molecule is Cc1ccc(NCc2cc(CO)cc(OC(C)C)c2OCC(=O)NCCO)c(C(=O)Nc2ccc(/C(N)=N/O)cc2)c1. The summed E-state index contributed by atoms with van der Waals surface area (Å²) >= 11 is 0. The van der Waals surface area contributed by atoms with Crippen LogP contribution in [0, 0.1) is 6.92 Å². The van der Waals surface area contributed by atoms with Crippen molar-refractivity contribution in [3.8, 4) is 11.5 Å². The fraction of sp³-hybridized carbons (Fsp3) is 0.300. The molecule has 224 valence electrons. The summed E-state index contributed by atoms with van der Waals surface area (Å²) in [4.78, 5) is 25.5. The first-order chi connectivity index (χ1) is 20.1. The van der Waals surface area contributed by atoms with Crippen molar-refractivity contribution in [1.29, 1.82) is 0 Å². The number of aliphatic hydroxyl groups is 2. The molecule has 0 heterocycles. The van der Waals surface area contributed by atoms with E-state index in [4.69, 9.17) is 25.5 Å². The molecule has 0 fully saturated rings. The zero-order chi connectivity index (χ0) is 30.6. The molecule has 0 bridgehead atoms. The standard InChI is InChI=1S/C30H37N5O7/c1-18(2)42-26-14-20(16-37)13-22(28(26)41-17-27(38)32-10-11-36)15-33-25-9-4-19(3)12-24(25)30(39)34-23-7-5-21(6-8-23)29(31)35-40/h4-9,12-14,18,33,36-37,40H,10-11,15-17H2,1-3H3,(H2,31,35)(H,32,38)(H,34,39). The minimum atomic E-state index is -0.415. The Morgan fingerprint density at radius 3 is 2.43 bits per heavy atom. The van der Waals surface area contributed by atoms with Crippen LogP contribution in [0.2, 0.25) is 0 Å². The largest absolute Gasteiger partial charge is 0.487 e. The number of benzene rings is 3. The summed E-state index contributed by atoms with van der Waals surface area (Å²) in [7, 11) is 0. The fourth-order valence-corrected chi connectivity index (χ4v) is 4.01. The van der Waals surface area contributed by atoms with E-state index in [9.17, 15) is 14.7 Å². The normalized spacial score (nSPS) is 11.2. The third kappa shape index (κ3) is 8.85. The number of aryl methyl sites for hydroxylation is 1. The van der Waals surface area contributed by atoms with Gasteiger partial charge in [-0.3, -0.25) is 9.59 Å². The Hall–Kier alpha value is -4.81. The van der Waals surface area contributed by atoms with E-state index in [0.717, 1.165) is 5.56 Å². The van der Waals surface area contributed by atoms with Gasteiger partial charge < -0.3 is 46.6 Å². The highest BCUT2D eigenvalue weighted by Crippen LogP contribution is 2.35. The van der Waals surface area contributed by atoms with Gasteiger partial charge in [-0.25, -0.2) is 0 Å². The van der Waals surface area contributed by atoms with Gasteiger partial charge in [-0.2, -0.15) is 0 Å². The Labute approximate surface area is 244 Å². The zero-order valence-electron chi connectivity index (χ0n) is 23.8. The van der Waals surface area contributed by atoms with Crippen LogP contribution in [0.15, 0.2) is 59.8 Å². The molecular weight excluding hydrogens is 542 g/mol. The van der Waals surface area contributed by atoms with Gasteiger partial charge in [0.15, 0.2) is 23.9 Å². The van der Waals surface area contributed by atoms with E-state index in [1.165, 1.54) is 0 Å². The first-order valence-electron chi connectivity index (χ1n) is 13.3. The highest BCUT2D eigenvalue weighted by molar-refractivity contribution is 6.08. The number of hydrogen-bond acceptors (Lipinski definition) is 9. The van der Waals surface area contributed by atoms with Gasteiger partial charge in [0, 0.05) is 35.6 Å². The van der Waals surface area contributed by atoms with Crippen LogP contribution in [0.5, 0.6) is 11.5 Å². The van der Waals surface area contributed by atoms with Crippen molar-refractivity contribution in [3.05, 3.63) is 82.4 Å². The van der Waals surface area contributed by atoms with Crippen LogP contribution in [0.25, 0.3) is 0 Å². The van der Waals surface area contributed by atoms with Gasteiger partial charge in [-0.05, 0) is 74.9 Å². The monoisotopic (exact) mass is 579 g/mol. The van der Waals surface area contributed by atoms with Crippen molar-refractivity contribution in [2.24, 2.45) is 10.9 Å². The number of aliphatic hydroxyl groups excluding tert-OH is 2. The average molecular weight is 580 g/mol. The van der Waals surface area contributed by atoms with Crippen LogP contribution in [0.1, 0.15) is 46.5 Å². The van der Waals surface area contributed by atoms with Gasteiger partial charge >= 0.3 is 0 Å². The third-order valence-electron chi connectivity index (χ3n) is 5.95. The van der Waals surface area contributed by atoms with Crippen LogP contribution in [-0.4, -0.2) is 58.9 Å². The van der Waals surface area contributed by atoms with Gasteiger partial charge in [0.1, 0.15) is 0 Å². The summed E-state index contributed by atoms with van der Waals surface area (Å²) in [6.07, 6.45) is -0.209. The van der Waals surface area contributed by atoms with Crippen molar-refractivity contribution < 1.29 is 34.5 Å². The molecule has 8 N–H and O–H groups in total. The molecule has 2 amide bonds. The number of nitrogens with zero attached hydrogens (tertiary/aromatic N) is 1. The Bertz CT molecular complexity index is 1410. The molecule has 0 saturated carbocycles. The van der Waals surface area contributed by atoms with Gasteiger partial charge in [0.2, 0.25) is 0 Å². The van der Waals surface area contributed by atoms with E-state index in [0.29, 0.717) is 45.1 Å². The summed E-state index contributed by atoms with van der Waals surface area (Å²) in [5, 5.41) is 39.4. The first kappa shape index (κ1) is 31.7. The molecule has 0 aliphatic rings. The second-order valence-electron chi connectivity index (χ2n) is 9.69. The molecule has 12 nitrogen and oxygen atoms in total. The molecule has 0 aliphatic carbocycles. The van der Waals surface area contributed by atoms with E-state index < -0.39 is 5.91 Å². The van der Waals surface area contributed by atoms with Crippen LogP contribution < -0.4 is 31.2 Å². The first-order valence-corrected chi connectivity index (χ1v) is 13.3. The highest BCUT2D eigenvalue weighted by atomic mass is 16.5. The second-order valence-corrected chi connectivity index (χ2v) is 9.69. The van der Waals surface area contributed by atoms with E-state index in [1.807, 2.05) is 26.8 Å². The summed E-state index contributed by atoms with van der Waals surface area (Å²) in [6.45, 7) is 5.09. The number of nitrogens with two attached hydrogens (primary N) is 1. The van der Waals surface area contributed by atoms with E-state index >= 15 is 0 Å². The summed E-state index contributed by atoms with van der Waals surface area (Å²) in [5.74, 6) is -0.138. The number of amidine groups is 1. The van der Waals surface area contributed by atoms with Crippen molar-refractivity contribution in [2.75, 3.05) is 30.4 Å². The molecule has 12 heteroatoms. The minimum Gasteiger partial charge on any atom is -0.487 e. The second kappa shape index (κ2) is 15.3.